The molecule has 3 heterocycles. The van der Waals surface area contributed by atoms with Crippen molar-refractivity contribution in [2.45, 2.75) is 41.7 Å². The van der Waals surface area contributed by atoms with Gasteiger partial charge in [0.2, 0.25) is 5.75 Å². The molecule has 2 aliphatic rings. The first kappa shape index (κ1) is 23.1. The van der Waals surface area contributed by atoms with Gasteiger partial charge in [-0.1, -0.05) is 30.3 Å². The number of halogens is 3. The number of aromatic hydroxyl groups is 2. The van der Waals surface area contributed by atoms with E-state index in [1.807, 2.05) is 24.3 Å². The molecule has 0 fully saturated rings. The molecule has 7 nitrogen and oxygen atoms in total. The van der Waals surface area contributed by atoms with Gasteiger partial charge in [-0.05, 0) is 36.2 Å². The first-order valence-corrected chi connectivity index (χ1v) is 11.6. The van der Waals surface area contributed by atoms with Gasteiger partial charge in [0, 0.05) is 28.7 Å². The molecule has 0 saturated heterocycles. The van der Waals surface area contributed by atoms with E-state index in [9.17, 15) is 33.0 Å². The van der Waals surface area contributed by atoms with E-state index in [1.54, 1.807) is 23.9 Å². The molecule has 2 unspecified atom stereocenters. The van der Waals surface area contributed by atoms with E-state index in [0.717, 1.165) is 27.5 Å². The van der Waals surface area contributed by atoms with Crippen LogP contribution >= 0.6 is 11.8 Å². The van der Waals surface area contributed by atoms with Crippen LogP contribution in [0.1, 0.15) is 46.1 Å². The summed E-state index contributed by atoms with van der Waals surface area (Å²) in [5.41, 5.74) is 0.203. The van der Waals surface area contributed by atoms with E-state index in [1.165, 1.54) is 0 Å². The maximum atomic E-state index is 13.8. The van der Waals surface area contributed by atoms with Crippen LogP contribution in [-0.4, -0.2) is 49.3 Å². The highest BCUT2D eigenvalue weighted by Crippen LogP contribution is 2.48. The fourth-order valence-corrected chi connectivity index (χ4v) is 5.81. The number of nitrogens with zero attached hydrogens (tertiary/aromatic N) is 3. The third-order valence-corrected chi connectivity index (χ3v) is 7.60. The summed E-state index contributed by atoms with van der Waals surface area (Å²) in [5, 5.41) is 21.1. The van der Waals surface area contributed by atoms with Gasteiger partial charge < -0.3 is 15.1 Å². The van der Waals surface area contributed by atoms with Crippen molar-refractivity contribution in [2.75, 3.05) is 6.54 Å². The summed E-state index contributed by atoms with van der Waals surface area (Å²) in [4.78, 5) is 30.2. The molecule has 0 saturated carbocycles. The van der Waals surface area contributed by atoms with Crippen molar-refractivity contribution in [3.8, 4) is 11.8 Å². The molecule has 3 atom stereocenters. The number of benzene rings is 1. The Morgan fingerprint density at radius 2 is 1.94 bits per heavy atom. The number of rotatable bonds is 2. The second kappa shape index (κ2) is 8.23. The third kappa shape index (κ3) is 3.69. The van der Waals surface area contributed by atoms with E-state index < -0.39 is 59.6 Å². The van der Waals surface area contributed by atoms with Gasteiger partial charge in [0.15, 0.2) is 5.69 Å². The van der Waals surface area contributed by atoms with Gasteiger partial charge in [-0.3, -0.25) is 14.2 Å². The number of hydrogen-bond acceptors (Lipinski definition) is 6. The summed E-state index contributed by atoms with van der Waals surface area (Å²) >= 11 is 1.54. The van der Waals surface area contributed by atoms with E-state index in [4.69, 9.17) is 0 Å². The molecular weight excluding hydrogens is 483 g/mol. The second-order valence-corrected chi connectivity index (χ2v) is 9.39. The topological polar surface area (TPSA) is 95.7 Å². The number of amides is 1. The number of aromatic nitrogens is 2. The third-order valence-electron chi connectivity index (χ3n) is 6.46. The Kier molecular flexibility index (Phi) is 5.44. The SMILES string of the molecule is C[C@@H](N1CC(C2c3c#cccc3CSc3ccccc32)n2c(O)nc(=O)c(O)c2C1=O)C(F)(F)F. The summed E-state index contributed by atoms with van der Waals surface area (Å²) < 4.78 is 42.2. The molecule has 35 heavy (non-hydrogen) atoms. The lowest BCUT2D eigenvalue weighted by Crippen LogP contribution is -2.54. The van der Waals surface area contributed by atoms with Gasteiger partial charge in [-0.25, -0.2) is 0 Å². The number of hydrogen-bond donors (Lipinski definition) is 2. The Labute approximate surface area is 201 Å². The molecule has 5 rings (SSSR count). The van der Waals surface area contributed by atoms with Crippen LogP contribution in [-0.2, 0) is 5.75 Å². The largest absolute Gasteiger partial charge is 0.501 e. The first-order chi connectivity index (χ1) is 16.6. The number of carbonyl (C=O) groups is 1. The van der Waals surface area contributed by atoms with E-state index >= 15 is 0 Å². The van der Waals surface area contributed by atoms with Crippen molar-refractivity contribution in [2.24, 2.45) is 0 Å². The molecule has 3 aromatic rings. The zero-order valence-electron chi connectivity index (χ0n) is 18.2. The highest BCUT2D eigenvalue weighted by molar-refractivity contribution is 7.98. The van der Waals surface area contributed by atoms with Gasteiger partial charge >= 0.3 is 11.7 Å². The molecule has 2 aliphatic heterocycles. The van der Waals surface area contributed by atoms with Gasteiger partial charge in [0.1, 0.15) is 6.04 Å². The van der Waals surface area contributed by atoms with Crippen molar-refractivity contribution in [1.82, 2.24) is 14.5 Å². The quantitative estimate of drug-likeness (QED) is 0.557. The number of alkyl halides is 3. The lowest BCUT2D eigenvalue weighted by molar-refractivity contribution is -0.174. The molecule has 1 amide bonds. The second-order valence-electron chi connectivity index (χ2n) is 8.37. The molecule has 0 bridgehead atoms. The lowest BCUT2D eigenvalue weighted by Gasteiger charge is -2.42. The van der Waals surface area contributed by atoms with Crippen molar-refractivity contribution in [1.29, 1.82) is 0 Å². The van der Waals surface area contributed by atoms with Gasteiger partial charge in [-0.2, -0.15) is 18.2 Å². The Morgan fingerprint density at radius 3 is 2.69 bits per heavy atom. The molecule has 0 radical (unpaired) electrons. The molecule has 2 N–H and O–H groups in total. The fraction of sp³-hybridized carbons (Fsp3) is 0.292. The van der Waals surface area contributed by atoms with Crippen molar-refractivity contribution in [3.05, 3.63) is 81.3 Å². The minimum Gasteiger partial charge on any atom is -0.501 e. The van der Waals surface area contributed by atoms with Crippen molar-refractivity contribution >= 4 is 17.7 Å². The van der Waals surface area contributed by atoms with Gasteiger partial charge in [0.05, 0.1) is 6.04 Å². The zero-order chi connectivity index (χ0) is 25.1. The van der Waals surface area contributed by atoms with E-state index in [2.05, 4.69) is 17.1 Å². The Hall–Kier alpha value is -3.65. The molecular formula is C24H18F3N3O4S. The minimum atomic E-state index is -4.76. The predicted octanol–water partition coefficient (Wildman–Crippen LogP) is 3.64. The first-order valence-electron chi connectivity index (χ1n) is 10.6. The van der Waals surface area contributed by atoms with Crippen LogP contribution in [0, 0.1) is 12.1 Å². The van der Waals surface area contributed by atoms with Gasteiger partial charge in [-0.15, -0.1) is 11.8 Å². The maximum absolute atomic E-state index is 13.8. The van der Waals surface area contributed by atoms with Crippen LogP contribution in [0.3, 0.4) is 0 Å². The Morgan fingerprint density at radius 1 is 1.20 bits per heavy atom. The predicted molar refractivity (Wildman–Crippen MR) is 119 cm³/mol. The summed E-state index contributed by atoms with van der Waals surface area (Å²) in [6.45, 7) is 0.376. The fourth-order valence-electron chi connectivity index (χ4n) is 4.71. The van der Waals surface area contributed by atoms with Crippen LogP contribution in [0.25, 0.3) is 0 Å². The average Bonchev–Trinajstić information content (AvgIpc) is 2.98. The normalized spacial score (nSPS) is 20.2. The molecule has 11 heteroatoms. The van der Waals surface area contributed by atoms with Crippen LogP contribution in [0.2, 0.25) is 0 Å². The standard InChI is InChI=1S/C24H18F3N3O4S/c1-12(24(25,26)27)29-10-16(30-19(22(29)33)20(31)21(32)28-23(30)34)18-14-7-3-2-6-13(14)11-35-17-9-5-4-8-15(17)18/h2,4-6,8-9,12,16,18,31H,10-11H2,1H3,(H,28,32,34)/t12-,16?,18?/m1/s1. The number of carbonyl (C=O) groups excluding carboxylic acids is 1. The summed E-state index contributed by atoms with van der Waals surface area (Å²) in [6, 6.07) is 12.7. The van der Waals surface area contributed by atoms with Gasteiger partial charge in [0.25, 0.3) is 11.9 Å². The molecule has 1 aromatic heterocycles. The highest BCUT2D eigenvalue weighted by Gasteiger charge is 2.49. The minimum absolute atomic E-state index is 0.462. The number of fused-ring (bicyclic) bond motifs is 3. The highest BCUT2D eigenvalue weighted by atomic mass is 32.2. The molecule has 180 valence electrons. The van der Waals surface area contributed by atoms with Crippen LogP contribution in [0.5, 0.6) is 11.8 Å². The maximum Gasteiger partial charge on any atom is 0.408 e. The smallest absolute Gasteiger partial charge is 0.408 e. The zero-order valence-corrected chi connectivity index (χ0v) is 19.0. The van der Waals surface area contributed by atoms with E-state index in [0.29, 0.717) is 16.2 Å². The monoisotopic (exact) mass is 501 g/mol. The van der Waals surface area contributed by atoms with Crippen molar-refractivity contribution < 1.29 is 28.2 Å². The van der Waals surface area contributed by atoms with Crippen molar-refractivity contribution in [3.63, 3.8) is 0 Å². The molecule has 0 aliphatic carbocycles. The lowest BCUT2D eigenvalue weighted by atomic mass is 9.82. The van der Waals surface area contributed by atoms with Crippen LogP contribution in [0.15, 0.2) is 46.1 Å². The Balaban J connectivity index is 1.81. The van der Waals surface area contributed by atoms with Crippen LogP contribution in [0.4, 0.5) is 13.2 Å². The van der Waals surface area contributed by atoms with E-state index in [-0.39, 0.29) is 0 Å². The summed E-state index contributed by atoms with van der Waals surface area (Å²) in [6.07, 6.45) is -4.76. The molecule has 0 spiro atoms. The molecule has 2 aromatic carbocycles. The Bertz CT molecular complexity index is 1340. The summed E-state index contributed by atoms with van der Waals surface area (Å²) in [5.74, 6) is -2.47. The van der Waals surface area contributed by atoms with Crippen LogP contribution < -0.4 is 5.56 Å². The average molecular weight is 501 g/mol. The number of thioether (sulfide) groups is 1. The summed E-state index contributed by atoms with van der Waals surface area (Å²) in [7, 11) is 0.